The summed E-state index contributed by atoms with van der Waals surface area (Å²) in [5, 5.41) is 10.8. The lowest BCUT2D eigenvalue weighted by Crippen LogP contribution is -2.00. The zero-order chi connectivity index (χ0) is 28.5. The second-order valence-electron chi connectivity index (χ2n) is 10.4. The van der Waals surface area contributed by atoms with Crippen molar-refractivity contribution >= 4 is 11.0 Å². The highest BCUT2D eigenvalue weighted by atomic mass is 16.3. The van der Waals surface area contributed by atoms with Gasteiger partial charge in [-0.1, -0.05) is 97.9 Å². The highest BCUT2D eigenvalue weighted by Gasteiger charge is 2.21. The number of para-hydroxylation sites is 3. The maximum absolute atomic E-state index is 10.8. The topological polar surface area (TPSA) is 50.9 Å². The first-order valence-corrected chi connectivity index (χ1v) is 14.1. The van der Waals surface area contributed by atoms with Crippen LogP contribution in [0.25, 0.3) is 50.5 Å². The van der Waals surface area contributed by atoms with Crippen LogP contribution in [-0.4, -0.2) is 19.6 Å². The van der Waals surface area contributed by atoms with E-state index in [1.807, 2.05) is 54.7 Å². The van der Waals surface area contributed by atoms with Crippen LogP contribution in [-0.2, 0) is 0 Å². The van der Waals surface area contributed by atoms with E-state index in [1.54, 1.807) is 6.07 Å². The van der Waals surface area contributed by atoms with Crippen molar-refractivity contribution in [2.24, 2.45) is 0 Å². The number of aromatic hydroxyl groups is 1. The van der Waals surface area contributed by atoms with Gasteiger partial charge in [0, 0.05) is 28.9 Å². The Morgan fingerprint density at radius 1 is 0.643 bits per heavy atom. The first-order chi connectivity index (χ1) is 20.7. The minimum Gasteiger partial charge on any atom is -0.507 e. The molecule has 2 heterocycles. The average molecular weight is 544 g/mol. The molecule has 0 saturated heterocycles. The van der Waals surface area contributed by atoms with E-state index in [0.717, 1.165) is 39.1 Å². The van der Waals surface area contributed by atoms with Crippen molar-refractivity contribution in [2.75, 3.05) is 0 Å². The lowest BCUT2D eigenvalue weighted by molar-refractivity contribution is 0.477. The zero-order valence-electron chi connectivity index (χ0n) is 23.2. The Morgan fingerprint density at radius 3 is 2.12 bits per heavy atom. The van der Waals surface area contributed by atoms with Crippen LogP contribution >= 0.6 is 0 Å². The lowest BCUT2D eigenvalue weighted by atomic mass is 9.86. The maximum Gasteiger partial charge on any atom is 0.149 e. The summed E-state index contributed by atoms with van der Waals surface area (Å²) >= 11 is 0. The third kappa shape index (κ3) is 4.53. The Labute approximate surface area is 245 Å². The number of imidazole rings is 1. The summed E-state index contributed by atoms with van der Waals surface area (Å²) in [6.07, 6.45) is 1.85. The largest absolute Gasteiger partial charge is 0.507 e. The molecule has 0 fully saturated rings. The van der Waals surface area contributed by atoms with Crippen LogP contribution < -0.4 is 0 Å². The molecule has 2 aromatic heterocycles. The molecular formula is C38H29N3O. The van der Waals surface area contributed by atoms with Crippen LogP contribution in [0.3, 0.4) is 0 Å². The van der Waals surface area contributed by atoms with Crippen molar-refractivity contribution < 1.29 is 5.11 Å². The third-order valence-corrected chi connectivity index (χ3v) is 7.92. The van der Waals surface area contributed by atoms with E-state index in [4.69, 9.17) is 9.97 Å². The molecule has 0 saturated carbocycles. The summed E-state index contributed by atoms with van der Waals surface area (Å²) < 4.78 is 2.12. The summed E-state index contributed by atoms with van der Waals surface area (Å²) in [5.74, 6) is 1.09. The zero-order valence-corrected chi connectivity index (χ0v) is 23.2. The van der Waals surface area contributed by atoms with E-state index in [-0.39, 0.29) is 11.7 Å². The molecule has 0 bridgehead atoms. The van der Waals surface area contributed by atoms with Crippen LogP contribution in [0.1, 0.15) is 24.0 Å². The Hall–Kier alpha value is -5.48. The van der Waals surface area contributed by atoms with Crippen molar-refractivity contribution in [1.82, 2.24) is 14.5 Å². The van der Waals surface area contributed by atoms with E-state index in [1.165, 1.54) is 11.1 Å². The van der Waals surface area contributed by atoms with Gasteiger partial charge in [-0.15, -0.1) is 0 Å². The van der Waals surface area contributed by atoms with E-state index >= 15 is 0 Å². The molecule has 0 amide bonds. The summed E-state index contributed by atoms with van der Waals surface area (Å²) in [6, 6.07) is 47.1. The molecule has 4 heteroatoms. The van der Waals surface area contributed by atoms with Gasteiger partial charge in [-0.05, 0) is 65.2 Å². The molecule has 1 unspecified atom stereocenters. The molecule has 7 aromatic rings. The van der Waals surface area contributed by atoms with E-state index in [0.29, 0.717) is 11.4 Å². The molecule has 1 N–H and O–H groups in total. The van der Waals surface area contributed by atoms with Gasteiger partial charge in [-0.25, -0.2) is 4.98 Å². The molecule has 0 aliphatic carbocycles. The number of nitrogens with zero attached hydrogens (tertiary/aromatic N) is 3. The van der Waals surface area contributed by atoms with Crippen LogP contribution in [0.15, 0.2) is 146 Å². The number of rotatable bonds is 6. The second kappa shape index (κ2) is 10.8. The van der Waals surface area contributed by atoms with Gasteiger partial charge in [0.2, 0.25) is 0 Å². The number of fused-ring (bicyclic) bond motifs is 1. The number of hydrogen-bond donors (Lipinski definition) is 1. The number of aromatic nitrogens is 3. The Balaban J connectivity index is 1.46. The average Bonchev–Trinajstić information content (AvgIpc) is 3.45. The number of pyridine rings is 1. The van der Waals surface area contributed by atoms with Gasteiger partial charge in [-0.3, -0.25) is 9.55 Å². The van der Waals surface area contributed by atoms with Crippen molar-refractivity contribution in [3.05, 3.63) is 157 Å². The molecule has 1 atom stereocenters. The maximum atomic E-state index is 10.8. The predicted molar refractivity (Wildman–Crippen MR) is 171 cm³/mol. The molecular weight excluding hydrogens is 514 g/mol. The lowest BCUT2D eigenvalue weighted by Gasteiger charge is -2.18. The van der Waals surface area contributed by atoms with Gasteiger partial charge in [0.1, 0.15) is 11.6 Å². The van der Waals surface area contributed by atoms with Gasteiger partial charge < -0.3 is 5.11 Å². The normalized spacial score (nSPS) is 11.9. The van der Waals surface area contributed by atoms with Crippen molar-refractivity contribution in [3.63, 3.8) is 0 Å². The molecule has 0 aliphatic heterocycles. The minimum atomic E-state index is 0.193. The molecule has 0 aliphatic rings. The molecule has 202 valence electrons. The monoisotopic (exact) mass is 543 g/mol. The van der Waals surface area contributed by atoms with Crippen LogP contribution in [0.4, 0.5) is 0 Å². The van der Waals surface area contributed by atoms with Crippen LogP contribution in [0.2, 0.25) is 0 Å². The highest BCUT2D eigenvalue weighted by molar-refractivity contribution is 5.96. The molecule has 7 rings (SSSR count). The van der Waals surface area contributed by atoms with Crippen molar-refractivity contribution in [3.8, 4) is 45.2 Å². The van der Waals surface area contributed by atoms with Crippen molar-refractivity contribution in [2.45, 2.75) is 12.8 Å². The fourth-order valence-corrected chi connectivity index (χ4v) is 5.78. The Bertz CT molecular complexity index is 2000. The highest BCUT2D eigenvalue weighted by Crippen LogP contribution is 2.40. The molecule has 42 heavy (non-hydrogen) atoms. The number of phenols is 1. The summed E-state index contributed by atoms with van der Waals surface area (Å²) in [5.41, 5.74) is 10.1. The SMILES string of the molecule is CC(c1ccccc1)c1ccc(-c2cccc3c2nc(-c2ccccc2O)n3-c2ccccc2)cc1-c1ccccn1. The van der Waals surface area contributed by atoms with Gasteiger partial charge in [-0.2, -0.15) is 0 Å². The molecule has 0 radical (unpaired) electrons. The Morgan fingerprint density at radius 2 is 1.36 bits per heavy atom. The third-order valence-electron chi connectivity index (χ3n) is 7.92. The van der Waals surface area contributed by atoms with Gasteiger partial charge >= 0.3 is 0 Å². The predicted octanol–water partition coefficient (Wildman–Crippen LogP) is 9.28. The standard InChI is InChI=1S/C38H29N3O/c1-26(27-13-4-2-5-14-27)30-23-22-28(25-33(30)34-19-10-11-24-39-34)31-18-12-20-35-37(31)40-38(32-17-8-9-21-36(32)42)41(35)29-15-6-3-7-16-29/h2-26,42H,1H3. The summed E-state index contributed by atoms with van der Waals surface area (Å²) in [6.45, 7) is 2.25. The number of hydrogen-bond acceptors (Lipinski definition) is 3. The fourth-order valence-electron chi connectivity index (χ4n) is 5.78. The number of benzene rings is 5. The van der Waals surface area contributed by atoms with E-state index < -0.39 is 0 Å². The fraction of sp³-hybridized carbons (Fsp3) is 0.0526. The van der Waals surface area contributed by atoms with E-state index in [9.17, 15) is 5.11 Å². The quantitative estimate of drug-likeness (QED) is 0.227. The van der Waals surface area contributed by atoms with Gasteiger partial charge in [0.15, 0.2) is 0 Å². The first-order valence-electron chi connectivity index (χ1n) is 14.1. The Kier molecular flexibility index (Phi) is 6.57. The number of phenolic OH excluding ortho intramolecular Hbond substituents is 1. The van der Waals surface area contributed by atoms with Crippen LogP contribution in [0, 0.1) is 0 Å². The second-order valence-corrected chi connectivity index (χ2v) is 10.4. The molecule has 4 nitrogen and oxygen atoms in total. The first kappa shape index (κ1) is 25.5. The minimum absolute atomic E-state index is 0.193. The van der Waals surface area contributed by atoms with Crippen LogP contribution in [0.5, 0.6) is 5.75 Å². The smallest absolute Gasteiger partial charge is 0.149 e. The summed E-state index contributed by atoms with van der Waals surface area (Å²) in [7, 11) is 0. The van der Waals surface area contributed by atoms with Gasteiger partial charge in [0.25, 0.3) is 0 Å². The van der Waals surface area contributed by atoms with Gasteiger partial charge in [0.05, 0.1) is 22.3 Å². The molecule has 5 aromatic carbocycles. The molecule has 0 spiro atoms. The van der Waals surface area contributed by atoms with Crippen molar-refractivity contribution in [1.29, 1.82) is 0 Å². The van der Waals surface area contributed by atoms with E-state index in [2.05, 4.69) is 96.4 Å². The summed E-state index contributed by atoms with van der Waals surface area (Å²) in [4.78, 5) is 9.93.